The molecular weight excluding hydrogens is 594 g/mol. The van der Waals surface area contributed by atoms with E-state index in [1.807, 2.05) is 19.9 Å². The third kappa shape index (κ3) is 10.2. The molecule has 0 aromatic carbocycles. The first-order valence-electron chi connectivity index (χ1n) is 15.5. The van der Waals surface area contributed by atoms with Crippen molar-refractivity contribution < 1.29 is 49.7 Å². The smallest absolute Gasteiger partial charge is 0.328 e. The SMILES string of the molecule is C/C=C\C=C\[C@@H]1O[C@](O)([C@H](C)C(=O)NC/C=C/C=C(\C)C(O)C(C)C2CC(O)C(/C=C/C=C/C=C/C(=O)O)O2)[C@H](O)[C@H](O)C1(C)C. The summed E-state index contributed by atoms with van der Waals surface area (Å²) in [4.78, 5) is 23.4. The number of aliphatic hydroxyl groups excluding tert-OH is 4. The van der Waals surface area contributed by atoms with Gasteiger partial charge in [0, 0.05) is 30.4 Å². The van der Waals surface area contributed by atoms with E-state index in [1.165, 1.54) is 13.0 Å². The minimum Gasteiger partial charge on any atom is -0.478 e. The van der Waals surface area contributed by atoms with Crippen LogP contribution in [-0.4, -0.2) is 97.6 Å². The van der Waals surface area contributed by atoms with Crippen molar-refractivity contribution in [3.8, 4) is 0 Å². The Bertz CT molecular complexity index is 1230. The van der Waals surface area contributed by atoms with E-state index < -0.39 is 71.7 Å². The van der Waals surface area contributed by atoms with E-state index in [-0.39, 0.29) is 12.5 Å². The predicted molar refractivity (Wildman–Crippen MR) is 174 cm³/mol. The summed E-state index contributed by atoms with van der Waals surface area (Å²) in [6.07, 6.45) is 14.8. The number of hydrogen-bond acceptors (Lipinski definition) is 9. The van der Waals surface area contributed by atoms with Crippen LogP contribution in [0, 0.1) is 17.3 Å². The fourth-order valence-corrected chi connectivity index (χ4v) is 5.33. The zero-order valence-corrected chi connectivity index (χ0v) is 27.4. The van der Waals surface area contributed by atoms with Crippen molar-refractivity contribution in [3.63, 3.8) is 0 Å². The Balaban J connectivity index is 1.93. The van der Waals surface area contributed by atoms with Gasteiger partial charge in [-0.05, 0) is 26.3 Å². The zero-order valence-electron chi connectivity index (χ0n) is 27.4. The summed E-state index contributed by atoms with van der Waals surface area (Å²) in [5, 5.41) is 65.4. The quantitative estimate of drug-likeness (QED) is 0.109. The minimum atomic E-state index is -2.33. The lowest BCUT2D eigenvalue weighted by Crippen LogP contribution is -2.68. The number of carbonyl (C=O) groups excluding carboxylic acids is 1. The Kier molecular flexibility index (Phi) is 15.0. The summed E-state index contributed by atoms with van der Waals surface area (Å²) in [5.74, 6) is -5.50. The Labute approximate surface area is 271 Å². The van der Waals surface area contributed by atoms with Gasteiger partial charge in [-0.1, -0.05) is 93.7 Å². The fourth-order valence-electron chi connectivity index (χ4n) is 5.33. The van der Waals surface area contributed by atoms with Crippen LogP contribution in [0.2, 0.25) is 0 Å². The van der Waals surface area contributed by atoms with Crippen molar-refractivity contribution in [2.75, 3.05) is 6.54 Å². The zero-order chi connectivity index (χ0) is 34.7. The average Bonchev–Trinajstić information content (AvgIpc) is 3.38. The number of hydrogen-bond donors (Lipinski definition) is 7. The van der Waals surface area contributed by atoms with E-state index in [2.05, 4.69) is 5.32 Å². The first kappa shape index (κ1) is 39.0. The molecule has 10 atom stereocenters. The van der Waals surface area contributed by atoms with Crippen LogP contribution >= 0.6 is 0 Å². The molecule has 1 amide bonds. The van der Waals surface area contributed by atoms with Crippen LogP contribution in [0.1, 0.15) is 48.0 Å². The normalized spacial score (nSPS) is 32.8. The van der Waals surface area contributed by atoms with Gasteiger partial charge in [0.15, 0.2) is 0 Å². The molecule has 46 heavy (non-hydrogen) atoms. The van der Waals surface area contributed by atoms with Gasteiger partial charge in [0.25, 0.3) is 0 Å². The van der Waals surface area contributed by atoms with E-state index in [9.17, 15) is 35.1 Å². The lowest BCUT2D eigenvalue weighted by Gasteiger charge is -2.52. The molecule has 5 unspecified atom stereocenters. The molecule has 2 saturated heterocycles. The highest BCUT2D eigenvalue weighted by Crippen LogP contribution is 2.43. The lowest BCUT2D eigenvalue weighted by molar-refractivity contribution is -0.357. The van der Waals surface area contributed by atoms with Crippen molar-refractivity contribution in [3.05, 3.63) is 84.6 Å². The van der Waals surface area contributed by atoms with Gasteiger partial charge in [-0.2, -0.15) is 0 Å². The number of amides is 1. The highest BCUT2D eigenvalue weighted by molar-refractivity contribution is 5.80. The standard InChI is InChI=1S/C35H51NO10/c1-7-8-11-18-28-34(5,6)31(41)32(42)35(44,46-28)24(4)33(43)36-20-15-14-16-22(2)30(40)23(3)27-21-25(37)26(45-27)17-12-9-10-13-19-29(38)39/h7-19,23-28,30-32,37,40-42,44H,20-21H2,1-6H3,(H,36,43)(H,38,39)/b8-7-,10-9+,15-14+,17-12+,18-11+,19-13+,22-16+/t23?,24-,25?,26?,27?,28+,30?,31+,32-,35-/m1/s1. The van der Waals surface area contributed by atoms with Crippen LogP contribution in [0.15, 0.2) is 84.6 Å². The van der Waals surface area contributed by atoms with Gasteiger partial charge >= 0.3 is 5.97 Å². The number of carbonyl (C=O) groups is 2. The molecule has 2 fully saturated rings. The maximum atomic E-state index is 12.9. The largest absolute Gasteiger partial charge is 0.478 e. The first-order chi connectivity index (χ1) is 21.6. The predicted octanol–water partition coefficient (Wildman–Crippen LogP) is 2.48. The topological polar surface area (TPSA) is 186 Å². The van der Waals surface area contributed by atoms with E-state index in [0.717, 1.165) is 6.08 Å². The molecule has 0 aromatic rings. The summed E-state index contributed by atoms with van der Waals surface area (Å²) >= 11 is 0. The molecule has 0 radical (unpaired) electrons. The molecule has 11 nitrogen and oxygen atoms in total. The van der Waals surface area contributed by atoms with E-state index in [4.69, 9.17) is 14.6 Å². The van der Waals surface area contributed by atoms with Crippen molar-refractivity contribution in [1.29, 1.82) is 0 Å². The Hall–Kier alpha value is -3.16. The number of carboxylic acid groups (broad SMARTS) is 1. The molecular formula is C35H51NO10. The number of ether oxygens (including phenoxy) is 2. The molecule has 2 aliphatic heterocycles. The Morgan fingerprint density at radius 2 is 1.63 bits per heavy atom. The Morgan fingerprint density at radius 1 is 0.978 bits per heavy atom. The average molecular weight is 646 g/mol. The number of carboxylic acids is 1. The van der Waals surface area contributed by atoms with Crippen molar-refractivity contribution in [2.24, 2.45) is 17.3 Å². The Morgan fingerprint density at radius 3 is 2.28 bits per heavy atom. The molecule has 2 heterocycles. The molecule has 2 aliphatic rings. The summed E-state index contributed by atoms with van der Waals surface area (Å²) in [7, 11) is 0. The van der Waals surface area contributed by atoms with Gasteiger partial charge in [0.05, 0.1) is 36.4 Å². The van der Waals surface area contributed by atoms with Crippen LogP contribution in [0.25, 0.3) is 0 Å². The molecule has 0 aromatic heterocycles. The second-order valence-corrected chi connectivity index (χ2v) is 12.4. The van der Waals surface area contributed by atoms with Crippen LogP contribution in [0.4, 0.5) is 0 Å². The summed E-state index contributed by atoms with van der Waals surface area (Å²) in [6, 6.07) is 0. The second kappa shape index (κ2) is 17.7. The number of nitrogens with one attached hydrogen (secondary N) is 1. The third-order valence-electron chi connectivity index (χ3n) is 8.64. The molecule has 7 N–H and O–H groups in total. The van der Waals surface area contributed by atoms with Gasteiger partial charge in [-0.15, -0.1) is 0 Å². The van der Waals surface area contributed by atoms with Gasteiger partial charge in [-0.3, -0.25) is 4.79 Å². The molecule has 0 aliphatic carbocycles. The van der Waals surface area contributed by atoms with Gasteiger partial charge in [0.1, 0.15) is 12.2 Å². The molecule has 256 valence electrons. The number of aliphatic hydroxyl groups is 5. The van der Waals surface area contributed by atoms with Gasteiger partial charge in [0.2, 0.25) is 11.7 Å². The van der Waals surface area contributed by atoms with Crippen molar-refractivity contribution in [1.82, 2.24) is 5.32 Å². The number of allylic oxidation sites excluding steroid dienone is 9. The van der Waals surface area contributed by atoms with Gasteiger partial charge < -0.3 is 45.4 Å². The minimum absolute atomic E-state index is 0.0932. The first-order valence-corrected chi connectivity index (χ1v) is 15.5. The molecule has 0 spiro atoms. The maximum Gasteiger partial charge on any atom is 0.328 e. The number of aliphatic carboxylic acids is 1. The maximum absolute atomic E-state index is 12.9. The summed E-state index contributed by atoms with van der Waals surface area (Å²) < 4.78 is 11.8. The monoisotopic (exact) mass is 645 g/mol. The van der Waals surface area contributed by atoms with E-state index in [1.54, 1.807) is 81.5 Å². The fraction of sp³-hybridized carbons (Fsp3) is 0.543. The lowest BCUT2D eigenvalue weighted by atomic mass is 9.71. The number of rotatable bonds is 14. The van der Waals surface area contributed by atoms with Crippen molar-refractivity contribution >= 4 is 11.9 Å². The van der Waals surface area contributed by atoms with E-state index >= 15 is 0 Å². The van der Waals surface area contributed by atoms with Crippen LogP contribution in [0.3, 0.4) is 0 Å². The van der Waals surface area contributed by atoms with Crippen LogP contribution in [-0.2, 0) is 19.1 Å². The van der Waals surface area contributed by atoms with E-state index in [0.29, 0.717) is 12.0 Å². The summed E-state index contributed by atoms with van der Waals surface area (Å²) in [6.45, 7) is 10.4. The van der Waals surface area contributed by atoms with Crippen LogP contribution in [0.5, 0.6) is 0 Å². The highest BCUT2D eigenvalue weighted by atomic mass is 16.7. The van der Waals surface area contributed by atoms with Crippen molar-refractivity contribution in [2.45, 2.75) is 96.5 Å². The van der Waals surface area contributed by atoms with Gasteiger partial charge in [-0.25, -0.2) is 4.79 Å². The molecule has 2 rings (SSSR count). The second-order valence-electron chi connectivity index (χ2n) is 12.4. The molecule has 11 heteroatoms. The molecule has 0 bridgehead atoms. The van der Waals surface area contributed by atoms with Crippen LogP contribution < -0.4 is 5.32 Å². The highest BCUT2D eigenvalue weighted by Gasteiger charge is 2.59. The third-order valence-corrected chi connectivity index (χ3v) is 8.64. The summed E-state index contributed by atoms with van der Waals surface area (Å²) in [5.41, 5.74) is -0.284. The molecule has 0 saturated carbocycles.